The molecule has 0 aliphatic heterocycles. The molecule has 1 unspecified atom stereocenters. The number of unbranched alkanes of at least 4 members (excludes halogenated alkanes) is 19. The van der Waals surface area contributed by atoms with Crippen LogP contribution in [0.5, 0.6) is 0 Å². The zero-order valence-corrected chi connectivity index (χ0v) is 27.4. The van der Waals surface area contributed by atoms with Crippen LogP contribution in [0.2, 0.25) is 0 Å². The van der Waals surface area contributed by atoms with Gasteiger partial charge in [0.15, 0.2) is 0 Å². The van der Waals surface area contributed by atoms with Crippen LogP contribution in [0.3, 0.4) is 0 Å². The van der Waals surface area contributed by atoms with Gasteiger partial charge in [-0.3, -0.25) is 9.59 Å². The van der Waals surface area contributed by atoms with Crippen molar-refractivity contribution in [2.24, 2.45) is 0 Å². The molecule has 0 saturated carbocycles. The molecule has 0 heterocycles. The van der Waals surface area contributed by atoms with Gasteiger partial charge in [0.05, 0.1) is 0 Å². The molecule has 4 nitrogen and oxygen atoms in total. The van der Waals surface area contributed by atoms with Crippen molar-refractivity contribution in [3.63, 3.8) is 0 Å². The molecular weight excluding hydrogens is 508 g/mol. The lowest BCUT2D eigenvalue weighted by Gasteiger charge is -2.18. The molecule has 1 atom stereocenters. The van der Waals surface area contributed by atoms with Crippen LogP contribution in [0.4, 0.5) is 0 Å². The summed E-state index contributed by atoms with van der Waals surface area (Å²) in [6, 6.07) is 0. The van der Waals surface area contributed by atoms with E-state index in [4.69, 9.17) is 9.84 Å². The van der Waals surface area contributed by atoms with E-state index in [0.717, 1.165) is 77.0 Å². The molecule has 0 aromatic heterocycles. The van der Waals surface area contributed by atoms with Gasteiger partial charge in [-0.1, -0.05) is 141 Å². The average Bonchev–Trinajstić information content (AvgIpc) is 2.95. The van der Waals surface area contributed by atoms with Crippen molar-refractivity contribution >= 4 is 11.9 Å². The number of aliphatic carboxylic acids is 1. The third kappa shape index (κ3) is 32.8. The Balaban J connectivity index is 4.12. The summed E-state index contributed by atoms with van der Waals surface area (Å²) in [5.74, 6) is -0.727. The normalized spacial score (nSPS) is 12.4. The zero-order chi connectivity index (χ0) is 30.1. The first-order valence-corrected chi connectivity index (χ1v) is 17.8. The second-order valence-electron chi connectivity index (χ2n) is 12.1. The molecule has 0 amide bonds. The highest BCUT2D eigenvalue weighted by atomic mass is 16.5. The number of ether oxygens (including phenoxy) is 1. The molecule has 0 spiro atoms. The van der Waals surface area contributed by atoms with Crippen molar-refractivity contribution in [1.29, 1.82) is 0 Å². The summed E-state index contributed by atoms with van der Waals surface area (Å²) in [5, 5.41) is 8.78. The minimum atomic E-state index is -0.706. The number of carbonyl (C=O) groups is 2. The van der Waals surface area contributed by atoms with E-state index < -0.39 is 5.97 Å². The van der Waals surface area contributed by atoms with Gasteiger partial charge in [0.2, 0.25) is 0 Å². The summed E-state index contributed by atoms with van der Waals surface area (Å²) in [6.45, 7) is 4.51. The molecule has 41 heavy (non-hydrogen) atoms. The van der Waals surface area contributed by atoms with Gasteiger partial charge in [-0.2, -0.15) is 0 Å². The minimum Gasteiger partial charge on any atom is -0.481 e. The number of carboxylic acid groups (broad SMARTS) is 1. The first-order valence-electron chi connectivity index (χ1n) is 17.8. The van der Waals surface area contributed by atoms with E-state index in [9.17, 15) is 9.59 Å². The summed E-state index contributed by atoms with van der Waals surface area (Å²) in [6.07, 6.45) is 40.4. The molecule has 0 fully saturated rings. The predicted octanol–water partition coefficient (Wildman–Crippen LogP) is 12.1. The number of rotatable bonds is 32. The van der Waals surface area contributed by atoms with Crippen molar-refractivity contribution in [3.05, 3.63) is 24.3 Å². The van der Waals surface area contributed by atoms with Crippen LogP contribution in [0.1, 0.15) is 194 Å². The second-order valence-corrected chi connectivity index (χ2v) is 12.1. The van der Waals surface area contributed by atoms with E-state index in [2.05, 4.69) is 38.2 Å². The molecule has 0 saturated heterocycles. The van der Waals surface area contributed by atoms with Crippen molar-refractivity contribution in [2.75, 3.05) is 0 Å². The maximum atomic E-state index is 12.6. The van der Waals surface area contributed by atoms with Gasteiger partial charge in [-0.25, -0.2) is 0 Å². The quantitative estimate of drug-likeness (QED) is 0.0491. The van der Waals surface area contributed by atoms with Gasteiger partial charge in [0, 0.05) is 12.8 Å². The molecule has 0 radical (unpaired) electrons. The lowest BCUT2D eigenvalue weighted by atomic mass is 10.0. The Bertz CT molecular complexity index is 624. The van der Waals surface area contributed by atoms with Crippen LogP contribution < -0.4 is 0 Å². The van der Waals surface area contributed by atoms with Crippen molar-refractivity contribution < 1.29 is 19.4 Å². The molecule has 240 valence electrons. The maximum absolute atomic E-state index is 12.6. The van der Waals surface area contributed by atoms with Crippen LogP contribution in [0, 0.1) is 0 Å². The van der Waals surface area contributed by atoms with Crippen LogP contribution in [0.25, 0.3) is 0 Å². The first kappa shape index (κ1) is 39.4. The number of allylic oxidation sites excluding steroid dienone is 4. The summed E-state index contributed by atoms with van der Waals surface area (Å²) in [5.41, 5.74) is 0. The van der Waals surface area contributed by atoms with Crippen LogP contribution in [-0.4, -0.2) is 23.1 Å². The highest BCUT2D eigenvalue weighted by Gasteiger charge is 2.14. The summed E-state index contributed by atoms with van der Waals surface area (Å²) < 4.78 is 5.95. The van der Waals surface area contributed by atoms with Gasteiger partial charge in [-0.05, 0) is 64.2 Å². The molecule has 0 aliphatic carbocycles. The SMILES string of the molecule is CCCCC/C=C\C/C=C\CCCC(CCCCCCCC(=O)O)OC(=O)CCCCCCCCCCCCCC. The highest BCUT2D eigenvalue weighted by molar-refractivity contribution is 5.69. The molecule has 0 rings (SSSR count). The minimum absolute atomic E-state index is 0.0192. The number of hydrogen-bond donors (Lipinski definition) is 1. The van der Waals surface area contributed by atoms with Gasteiger partial charge < -0.3 is 9.84 Å². The van der Waals surface area contributed by atoms with Crippen molar-refractivity contribution in [1.82, 2.24) is 0 Å². The first-order chi connectivity index (χ1) is 20.1. The second kappa shape index (κ2) is 32.9. The average molecular weight is 577 g/mol. The zero-order valence-electron chi connectivity index (χ0n) is 27.4. The van der Waals surface area contributed by atoms with Gasteiger partial charge in [-0.15, -0.1) is 0 Å². The Morgan fingerprint density at radius 3 is 1.54 bits per heavy atom. The largest absolute Gasteiger partial charge is 0.481 e. The van der Waals surface area contributed by atoms with Gasteiger partial charge in [0.25, 0.3) is 0 Å². The fourth-order valence-electron chi connectivity index (χ4n) is 5.28. The van der Waals surface area contributed by atoms with Gasteiger partial charge in [0.1, 0.15) is 6.10 Å². The highest BCUT2D eigenvalue weighted by Crippen LogP contribution is 2.18. The van der Waals surface area contributed by atoms with E-state index in [1.165, 1.54) is 89.9 Å². The number of carboxylic acids is 1. The number of esters is 1. The molecule has 0 aromatic rings. The van der Waals surface area contributed by atoms with E-state index in [0.29, 0.717) is 6.42 Å². The van der Waals surface area contributed by atoms with Crippen molar-refractivity contribution in [2.45, 2.75) is 200 Å². The third-order valence-corrected chi connectivity index (χ3v) is 7.93. The van der Waals surface area contributed by atoms with Gasteiger partial charge >= 0.3 is 11.9 Å². The van der Waals surface area contributed by atoms with E-state index in [1.807, 2.05) is 0 Å². The Kier molecular flexibility index (Phi) is 31.7. The summed E-state index contributed by atoms with van der Waals surface area (Å²) >= 11 is 0. The van der Waals surface area contributed by atoms with E-state index in [1.54, 1.807) is 0 Å². The maximum Gasteiger partial charge on any atom is 0.306 e. The van der Waals surface area contributed by atoms with Crippen molar-refractivity contribution in [3.8, 4) is 0 Å². The third-order valence-electron chi connectivity index (χ3n) is 7.93. The Morgan fingerprint density at radius 2 is 0.976 bits per heavy atom. The Labute approximate surface area is 255 Å². The Hall–Kier alpha value is -1.58. The topological polar surface area (TPSA) is 63.6 Å². The Morgan fingerprint density at radius 1 is 0.537 bits per heavy atom. The van der Waals surface area contributed by atoms with Crippen LogP contribution in [-0.2, 0) is 14.3 Å². The fourth-order valence-corrected chi connectivity index (χ4v) is 5.28. The number of carbonyl (C=O) groups excluding carboxylic acids is 1. The molecule has 4 heteroatoms. The lowest BCUT2D eigenvalue weighted by Crippen LogP contribution is -2.18. The van der Waals surface area contributed by atoms with E-state index in [-0.39, 0.29) is 18.5 Å². The summed E-state index contributed by atoms with van der Waals surface area (Å²) in [7, 11) is 0. The van der Waals surface area contributed by atoms with Crippen LogP contribution in [0.15, 0.2) is 24.3 Å². The lowest BCUT2D eigenvalue weighted by molar-refractivity contribution is -0.150. The smallest absolute Gasteiger partial charge is 0.306 e. The van der Waals surface area contributed by atoms with E-state index >= 15 is 0 Å². The molecule has 0 bridgehead atoms. The summed E-state index contributed by atoms with van der Waals surface area (Å²) in [4.78, 5) is 23.2. The molecule has 0 aromatic carbocycles. The molecule has 0 aliphatic rings. The monoisotopic (exact) mass is 577 g/mol. The fraction of sp³-hybridized carbons (Fsp3) is 0.838. The standard InChI is InChI=1S/C37H68O4/c1-3-5-7-9-11-13-15-17-19-21-26-30-34-37(40)41-35(32-28-24-22-25-29-33-36(38)39)31-27-23-20-18-16-14-12-10-8-6-4-2/h12,14,18,20,35H,3-11,13,15-17,19,21-34H2,1-2H3,(H,38,39)/b14-12-,20-18-. The van der Waals surface area contributed by atoms with Crippen LogP contribution >= 0.6 is 0 Å². The number of hydrogen-bond acceptors (Lipinski definition) is 3. The molecular formula is C37H68O4. The molecule has 1 N–H and O–H groups in total. The predicted molar refractivity (Wildman–Crippen MR) is 176 cm³/mol.